The Hall–Kier alpha value is -2.23. The highest BCUT2D eigenvalue weighted by molar-refractivity contribution is 5.74. The van der Waals surface area contributed by atoms with E-state index in [0.717, 1.165) is 5.56 Å². The van der Waals surface area contributed by atoms with E-state index in [4.69, 9.17) is 4.74 Å². The third-order valence-corrected chi connectivity index (χ3v) is 1.97. The number of ether oxygens (including phenoxy) is 1. The van der Waals surface area contributed by atoms with Gasteiger partial charge in [-0.25, -0.2) is 0 Å². The molecule has 1 aromatic heterocycles. The smallest absolute Gasteiger partial charge is 0.315 e. The second kappa shape index (κ2) is 5.02. The molecule has 0 fully saturated rings. The molecule has 1 aromatic carbocycles. The van der Waals surface area contributed by atoms with Crippen LogP contribution < -0.4 is 4.74 Å². The molecule has 0 saturated heterocycles. The lowest BCUT2D eigenvalue weighted by atomic mass is 10.2. The number of hydrogen-bond acceptors (Lipinski definition) is 4. The van der Waals surface area contributed by atoms with Gasteiger partial charge in [-0.3, -0.25) is 4.79 Å². The maximum Gasteiger partial charge on any atom is 0.315 e. The van der Waals surface area contributed by atoms with E-state index in [1.54, 1.807) is 30.6 Å². The fourth-order valence-electron chi connectivity index (χ4n) is 1.25. The molecule has 16 heavy (non-hydrogen) atoms. The number of rotatable bonds is 3. The summed E-state index contributed by atoms with van der Waals surface area (Å²) in [6, 6.07) is 10.7. The van der Waals surface area contributed by atoms with E-state index in [1.807, 2.05) is 18.2 Å². The molecule has 4 nitrogen and oxygen atoms in total. The SMILES string of the molecule is O=C(Cc1ccnnc1)Oc1ccccc1. The maximum atomic E-state index is 11.5. The normalized spacial score (nSPS) is 9.75. The van der Waals surface area contributed by atoms with Gasteiger partial charge in [-0.2, -0.15) is 10.2 Å². The summed E-state index contributed by atoms with van der Waals surface area (Å²) in [5, 5.41) is 7.32. The minimum absolute atomic E-state index is 0.199. The number of para-hydroxylation sites is 1. The van der Waals surface area contributed by atoms with Crippen LogP contribution in [-0.2, 0) is 11.2 Å². The first-order valence-electron chi connectivity index (χ1n) is 4.86. The minimum atomic E-state index is -0.306. The molecule has 0 unspecified atom stereocenters. The Balaban J connectivity index is 1.95. The number of nitrogens with zero attached hydrogens (tertiary/aromatic N) is 2. The molecule has 2 aromatic rings. The minimum Gasteiger partial charge on any atom is -0.426 e. The van der Waals surface area contributed by atoms with E-state index >= 15 is 0 Å². The van der Waals surface area contributed by atoms with Crippen molar-refractivity contribution in [3.63, 3.8) is 0 Å². The van der Waals surface area contributed by atoms with Crippen molar-refractivity contribution in [3.8, 4) is 5.75 Å². The largest absolute Gasteiger partial charge is 0.426 e. The van der Waals surface area contributed by atoms with Crippen LogP contribution in [0.2, 0.25) is 0 Å². The van der Waals surface area contributed by atoms with Crippen molar-refractivity contribution in [2.75, 3.05) is 0 Å². The predicted octanol–water partition coefficient (Wildman–Crippen LogP) is 1.62. The second-order valence-electron chi connectivity index (χ2n) is 3.21. The summed E-state index contributed by atoms with van der Waals surface area (Å²) in [5.74, 6) is 0.244. The number of hydrogen-bond donors (Lipinski definition) is 0. The standard InChI is InChI=1S/C12H10N2O2/c15-12(8-10-6-7-13-14-9-10)16-11-4-2-1-3-5-11/h1-7,9H,8H2. The van der Waals surface area contributed by atoms with Gasteiger partial charge in [0.1, 0.15) is 5.75 Å². The van der Waals surface area contributed by atoms with Crippen LogP contribution in [-0.4, -0.2) is 16.2 Å². The Morgan fingerprint density at radius 1 is 1.12 bits per heavy atom. The molecule has 0 atom stereocenters. The van der Waals surface area contributed by atoms with Gasteiger partial charge in [0, 0.05) is 6.20 Å². The number of benzene rings is 1. The Kier molecular flexibility index (Phi) is 3.23. The molecule has 2 rings (SSSR count). The monoisotopic (exact) mass is 214 g/mol. The summed E-state index contributed by atoms with van der Waals surface area (Å²) in [7, 11) is 0. The Morgan fingerprint density at radius 3 is 2.62 bits per heavy atom. The Labute approximate surface area is 92.9 Å². The van der Waals surface area contributed by atoms with Crippen LogP contribution in [0, 0.1) is 0 Å². The van der Waals surface area contributed by atoms with Crippen LogP contribution in [0.15, 0.2) is 48.8 Å². The van der Waals surface area contributed by atoms with Crippen molar-refractivity contribution in [2.24, 2.45) is 0 Å². The molecule has 0 saturated carbocycles. The van der Waals surface area contributed by atoms with Gasteiger partial charge in [0.05, 0.1) is 12.6 Å². The van der Waals surface area contributed by atoms with Gasteiger partial charge in [0.2, 0.25) is 0 Å². The summed E-state index contributed by atoms with van der Waals surface area (Å²) in [5.41, 5.74) is 0.788. The Morgan fingerprint density at radius 2 is 1.94 bits per heavy atom. The molecule has 4 heteroatoms. The fraction of sp³-hybridized carbons (Fsp3) is 0.0833. The molecule has 1 heterocycles. The molecule has 0 bridgehead atoms. The highest BCUT2D eigenvalue weighted by Crippen LogP contribution is 2.09. The van der Waals surface area contributed by atoms with Crippen molar-refractivity contribution in [3.05, 3.63) is 54.4 Å². The summed E-state index contributed by atoms with van der Waals surface area (Å²) >= 11 is 0. The average molecular weight is 214 g/mol. The van der Waals surface area contributed by atoms with Gasteiger partial charge >= 0.3 is 5.97 Å². The van der Waals surface area contributed by atoms with E-state index in [2.05, 4.69) is 10.2 Å². The number of aromatic nitrogens is 2. The lowest BCUT2D eigenvalue weighted by Crippen LogP contribution is -2.11. The molecule has 0 amide bonds. The summed E-state index contributed by atoms with van der Waals surface area (Å²) < 4.78 is 5.13. The lowest BCUT2D eigenvalue weighted by Gasteiger charge is -2.03. The average Bonchev–Trinajstić information content (AvgIpc) is 2.31. The highest BCUT2D eigenvalue weighted by Gasteiger charge is 2.05. The molecular weight excluding hydrogens is 204 g/mol. The Bertz CT molecular complexity index is 413. The van der Waals surface area contributed by atoms with Crippen LogP contribution in [0.1, 0.15) is 5.56 Å². The fourth-order valence-corrected chi connectivity index (χ4v) is 1.25. The number of carbonyl (C=O) groups is 1. The van der Waals surface area contributed by atoms with Gasteiger partial charge in [0.25, 0.3) is 0 Å². The summed E-state index contributed by atoms with van der Waals surface area (Å²) in [4.78, 5) is 11.5. The quantitative estimate of drug-likeness (QED) is 0.575. The van der Waals surface area contributed by atoms with Crippen LogP contribution in [0.5, 0.6) is 5.75 Å². The first-order chi connectivity index (χ1) is 7.84. The number of esters is 1. The molecule has 0 aliphatic heterocycles. The first kappa shape index (κ1) is 10.3. The second-order valence-corrected chi connectivity index (χ2v) is 3.21. The topological polar surface area (TPSA) is 52.1 Å². The van der Waals surface area contributed by atoms with Gasteiger partial charge in [-0.15, -0.1) is 0 Å². The van der Waals surface area contributed by atoms with Gasteiger partial charge < -0.3 is 4.74 Å². The van der Waals surface area contributed by atoms with E-state index in [-0.39, 0.29) is 12.4 Å². The predicted molar refractivity (Wildman–Crippen MR) is 57.8 cm³/mol. The van der Waals surface area contributed by atoms with E-state index in [0.29, 0.717) is 5.75 Å². The van der Waals surface area contributed by atoms with Crippen molar-refractivity contribution in [2.45, 2.75) is 6.42 Å². The summed E-state index contributed by atoms with van der Waals surface area (Å²) in [6.07, 6.45) is 3.29. The maximum absolute atomic E-state index is 11.5. The van der Waals surface area contributed by atoms with Crippen molar-refractivity contribution in [1.29, 1.82) is 0 Å². The zero-order chi connectivity index (χ0) is 11.2. The zero-order valence-electron chi connectivity index (χ0n) is 8.54. The van der Waals surface area contributed by atoms with Crippen LogP contribution in [0.25, 0.3) is 0 Å². The molecule has 0 radical (unpaired) electrons. The first-order valence-corrected chi connectivity index (χ1v) is 4.86. The highest BCUT2D eigenvalue weighted by atomic mass is 16.5. The zero-order valence-corrected chi connectivity index (χ0v) is 8.54. The molecule has 0 N–H and O–H groups in total. The summed E-state index contributed by atoms with van der Waals surface area (Å²) in [6.45, 7) is 0. The molecular formula is C12H10N2O2. The number of carbonyl (C=O) groups excluding carboxylic acids is 1. The molecule has 0 spiro atoms. The molecule has 0 aliphatic carbocycles. The van der Waals surface area contributed by atoms with Crippen LogP contribution in [0.3, 0.4) is 0 Å². The van der Waals surface area contributed by atoms with E-state index in [9.17, 15) is 4.79 Å². The third-order valence-electron chi connectivity index (χ3n) is 1.97. The third kappa shape index (κ3) is 2.88. The van der Waals surface area contributed by atoms with Crippen LogP contribution >= 0.6 is 0 Å². The van der Waals surface area contributed by atoms with Gasteiger partial charge in [-0.1, -0.05) is 18.2 Å². The van der Waals surface area contributed by atoms with Crippen molar-refractivity contribution < 1.29 is 9.53 Å². The van der Waals surface area contributed by atoms with Crippen LogP contribution in [0.4, 0.5) is 0 Å². The van der Waals surface area contributed by atoms with E-state index < -0.39 is 0 Å². The van der Waals surface area contributed by atoms with Gasteiger partial charge in [-0.05, 0) is 23.8 Å². The lowest BCUT2D eigenvalue weighted by molar-refractivity contribution is -0.133. The van der Waals surface area contributed by atoms with Crippen molar-refractivity contribution >= 4 is 5.97 Å². The molecule has 0 aliphatic rings. The molecule has 80 valence electrons. The van der Waals surface area contributed by atoms with E-state index in [1.165, 1.54) is 0 Å². The van der Waals surface area contributed by atoms with Crippen molar-refractivity contribution in [1.82, 2.24) is 10.2 Å². The van der Waals surface area contributed by atoms with Gasteiger partial charge in [0.15, 0.2) is 0 Å².